The number of halogens is 1. The number of benzene rings is 1. The largest absolute Gasteiger partial charge is 0.497 e. The van der Waals surface area contributed by atoms with E-state index in [2.05, 4.69) is 5.32 Å². The molecule has 0 spiro atoms. The predicted molar refractivity (Wildman–Crippen MR) is 53.1 cm³/mol. The van der Waals surface area contributed by atoms with Crippen LogP contribution in [0.1, 0.15) is 6.92 Å². The van der Waals surface area contributed by atoms with Crippen LogP contribution < -0.4 is 10.1 Å². The molecule has 0 bridgehead atoms. The molecule has 1 aromatic rings. The summed E-state index contributed by atoms with van der Waals surface area (Å²) in [6.07, 6.45) is -0.468. The Labute approximate surface area is 82.5 Å². The first kappa shape index (κ1) is 10.8. The summed E-state index contributed by atoms with van der Waals surface area (Å²) < 4.78 is 17.9. The van der Waals surface area contributed by atoms with E-state index in [4.69, 9.17) is 9.84 Å². The van der Waals surface area contributed by atoms with Crippen LogP contribution in [0.25, 0.3) is 0 Å². The molecule has 0 unspecified atom stereocenters. The number of rotatable bonds is 4. The maximum absolute atomic E-state index is 13.0. The highest BCUT2D eigenvalue weighted by Crippen LogP contribution is 2.19. The highest BCUT2D eigenvalue weighted by Gasteiger charge is 2.01. The van der Waals surface area contributed by atoms with E-state index < -0.39 is 6.10 Å². The molecule has 0 amide bonds. The van der Waals surface area contributed by atoms with Crippen molar-refractivity contribution in [2.24, 2.45) is 0 Å². The summed E-state index contributed by atoms with van der Waals surface area (Å²) in [4.78, 5) is 0. The van der Waals surface area contributed by atoms with E-state index in [1.807, 2.05) is 0 Å². The molecule has 1 atom stereocenters. The molecule has 3 nitrogen and oxygen atoms in total. The van der Waals surface area contributed by atoms with E-state index >= 15 is 0 Å². The van der Waals surface area contributed by atoms with Crippen molar-refractivity contribution in [2.75, 3.05) is 19.0 Å². The van der Waals surface area contributed by atoms with Gasteiger partial charge in [-0.3, -0.25) is 0 Å². The van der Waals surface area contributed by atoms with Crippen molar-refractivity contribution in [3.63, 3.8) is 0 Å². The highest BCUT2D eigenvalue weighted by atomic mass is 19.1. The quantitative estimate of drug-likeness (QED) is 0.774. The van der Waals surface area contributed by atoms with Crippen molar-refractivity contribution >= 4 is 5.69 Å². The first-order valence-electron chi connectivity index (χ1n) is 4.38. The van der Waals surface area contributed by atoms with Crippen molar-refractivity contribution in [3.05, 3.63) is 24.0 Å². The van der Waals surface area contributed by atoms with Crippen LogP contribution >= 0.6 is 0 Å². The summed E-state index contributed by atoms with van der Waals surface area (Å²) in [5.41, 5.74) is 0.600. The number of hydrogen-bond acceptors (Lipinski definition) is 3. The maximum atomic E-state index is 13.0. The number of aliphatic hydroxyl groups excluding tert-OH is 1. The van der Waals surface area contributed by atoms with Gasteiger partial charge in [-0.05, 0) is 13.0 Å². The van der Waals surface area contributed by atoms with Gasteiger partial charge in [0.05, 0.1) is 13.2 Å². The van der Waals surface area contributed by atoms with Crippen molar-refractivity contribution < 1.29 is 14.2 Å². The van der Waals surface area contributed by atoms with Crippen LogP contribution in [0.4, 0.5) is 10.1 Å². The third-order valence-corrected chi connectivity index (χ3v) is 1.71. The van der Waals surface area contributed by atoms with Crippen LogP contribution in [0.15, 0.2) is 18.2 Å². The zero-order valence-electron chi connectivity index (χ0n) is 8.25. The summed E-state index contributed by atoms with van der Waals surface area (Å²) in [7, 11) is 1.48. The number of hydrogen-bond donors (Lipinski definition) is 2. The van der Waals surface area contributed by atoms with Gasteiger partial charge in [0.1, 0.15) is 11.6 Å². The van der Waals surface area contributed by atoms with Crippen LogP contribution in [-0.2, 0) is 0 Å². The smallest absolute Gasteiger partial charge is 0.128 e. The van der Waals surface area contributed by atoms with E-state index in [-0.39, 0.29) is 5.82 Å². The first-order chi connectivity index (χ1) is 6.61. The van der Waals surface area contributed by atoms with Crippen LogP contribution in [0, 0.1) is 5.82 Å². The summed E-state index contributed by atoms with van der Waals surface area (Å²) in [5.74, 6) is 0.0931. The van der Waals surface area contributed by atoms with Gasteiger partial charge in [0.25, 0.3) is 0 Å². The molecule has 0 radical (unpaired) electrons. The lowest BCUT2D eigenvalue weighted by Gasteiger charge is -2.09. The second kappa shape index (κ2) is 4.81. The second-order valence-corrected chi connectivity index (χ2v) is 3.11. The fourth-order valence-electron chi connectivity index (χ4n) is 1.05. The van der Waals surface area contributed by atoms with Crippen LogP contribution in [0.3, 0.4) is 0 Å². The summed E-state index contributed by atoms with van der Waals surface area (Å²) >= 11 is 0. The van der Waals surface area contributed by atoms with Crippen LogP contribution in [-0.4, -0.2) is 24.9 Å². The van der Waals surface area contributed by atoms with E-state index in [1.165, 1.54) is 19.2 Å². The average molecular weight is 199 g/mol. The summed E-state index contributed by atoms with van der Waals surface area (Å²) in [6, 6.07) is 4.32. The van der Waals surface area contributed by atoms with Gasteiger partial charge in [-0.2, -0.15) is 0 Å². The van der Waals surface area contributed by atoms with Crippen LogP contribution in [0.2, 0.25) is 0 Å². The molecule has 0 saturated carbocycles. The summed E-state index contributed by atoms with van der Waals surface area (Å²) in [5, 5.41) is 11.9. The standard InChI is InChI=1S/C10H14FNO2/c1-7(13)6-12-9-3-8(11)4-10(5-9)14-2/h3-5,7,12-13H,6H2,1-2H3/t7-/m1/s1. The lowest BCUT2D eigenvalue weighted by atomic mass is 10.2. The summed E-state index contributed by atoms with van der Waals surface area (Å²) in [6.45, 7) is 2.04. The minimum absolute atomic E-state index is 0.363. The molecule has 0 aromatic heterocycles. The van der Waals surface area contributed by atoms with Gasteiger partial charge in [-0.15, -0.1) is 0 Å². The normalized spacial score (nSPS) is 12.3. The Kier molecular flexibility index (Phi) is 3.71. The third-order valence-electron chi connectivity index (χ3n) is 1.71. The predicted octanol–water partition coefficient (Wildman–Crippen LogP) is 1.63. The number of nitrogens with one attached hydrogen (secondary N) is 1. The first-order valence-corrected chi connectivity index (χ1v) is 4.38. The molecule has 1 rings (SSSR count). The number of anilines is 1. The zero-order chi connectivity index (χ0) is 10.6. The lowest BCUT2D eigenvalue weighted by molar-refractivity contribution is 0.208. The SMILES string of the molecule is COc1cc(F)cc(NC[C@@H](C)O)c1. The molecule has 0 heterocycles. The van der Waals surface area contributed by atoms with E-state index in [0.29, 0.717) is 18.0 Å². The Hall–Kier alpha value is -1.29. The van der Waals surface area contributed by atoms with E-state index in [1.54, 1.807) is 13.0 Å². The van der Waals surface area contributed by atoms with Gasteiger partial charge >= 0.3 is 0 Å². The fraction of sp³-hybridized carbons (Fsp3) is 0.400. The molecule has 0 aliphatic carbocycles. The van der Waals surface area contributed by atoms with Crippen molar-refractivity contribution in [1.82, 2.24) is 0 Å². The molecule has 0 fully saturated rings. The molecule has 1 aromatic carbocycles. The van der Waals surface area contributed by atoms with Crippen molar-refractivity contribution in [3.8, 4) is 5.75 Å². The van der Waals surface area contributed by atoms with Crippen molar-refractivity contribution in [2.45, 2.75) is 13.0 Å². The topological polar surface area (TPSA) is 41.5 Å². The molecule has 2 N–H and O–H groups in total. The molecule has 0 aliphatic rings. The average Bonchev–Trinajstić information content (AvgIpc) is 2.14. The Bertz CT molecular complexity index is 302. The monoisotopic (exact) mass is 199 g/mol. The maximum Gasteiger partial charge on any atom is 0.128 e. The molecule has 0 aliphatic heterocycles. The minimum Gasteiger partial charge on any atom is -0.497 e. The number of aliphatic hydroxyl groups is 1. The Balaban J connectivity index is 2.71. The van der Waals surface area contributed by atoms with Gasteiger partial charge < -0.3 is 15.2 Å². The molecular formula is C10H14FNO2. The number of ether oxygens (including phenoxy) is 1. The van der Waals surface area contributed by atoms with Gasteiger partial charge in [0, 0.05) is 24.4 Å². The Morgan fingerprint density at radius 1 is 1.50 bits per heavy atom. The van der Waals surface area contributed by atoms with Gasteiger partial charge in [0.2, 0.25) is 0 Å². The third kappa shape index (κ3) is 3.22. The van der Waals surface area contributed by atoms with Crippen LogP contribution in [0.5, 0.6) is 5.75 Å². The minimum atomic E-state index is -0.468. The number of methoxy groups -OCH3 is 1. The molecular weight excluding hydrogens is 185 g/mol. The lowest BCUT2D eigenvalue weighted by Crippen LogP contribution is -2.15. The zero-order valence-corrected chi connectivity index (χ0v) is 8.25. The van der Waals surface area contributed by atoms with E-state index in [0.717, 1.165) is 0 Å². The highest BCUT2D eigenvalue weighted by molar-refractivity contribution is 5.48. The molecule has 14 heavy (non-hydrogen) atoms. The van der Waals surface area contributed by atoms with Gasteiger partial charge in [-0.25, -0.2) is 4.39 Å². The fourth-order valence-corrected chi connectivity index (χ4v) is 1.05. The van der Waals surface area contributed by atoms with Gasteiger partial charge in [0.15, 0.2) is 0 Å². The molecule has 78 valence electrons. The Morgan fingerprint density at radius 3 is 2.79 bits per heavy atom. The second-order valence-electron chi connectivity index (χ2n) is 3.11. The molecule has 0 saturated heterocycles. The van der Waals surface area contributed by atoms with Crippen molar-refractivity contribution in [1.29, 1.82) is 0 Å². The van der Waals surface area contributed by atoms with E-state index in [9.17, 15) is 4.39 Å². The molecule has 4 heteroatoms. The Morgan fingerprint density at radius 2 is 2.21 bits per heavy atom. The van der Waals surface area contributed by atoms with Gasteiger partial charge in [-0.1, -0.05) is 0 Å².